The average Bonchev–Trinajstić information content (AvgIpc) is 2.36. The lowest BCUT2D eigenvalue weighted by Gasteiger charge is -2.29. The summed E-state index contributed by atoms with van der Waals surface area (Å²) in [6, 6.07) is 7.43. The van der Waals surface area contributed by atoms with Crippen LogP contribution < -0.4 is 16.0 Å². The first kappa shape index (κ1) is 15.3. The molecule has 0 heterocycles. The van der Waals surface area contributed by atoms with Crippen LogP contribution >= 0.6 is 0 Å². The van der Waals surface area contributed by atoms with Crippen LogP contribution in [0.5, 0.6) is 0 Å². The molecule has 0 aliphatic rings. The summed E-state index contributed by atoms with van der Waals surface area (Å²) in [6.07, 6.45) is 0. The van der Waals surface area contributed by atoms with Gasteiger partial charge in [0.05, 0.1) is 0 Å². The molecule has 0 aliphatic carbocycles. The van der Waals surface area contributed by atoms with E-state index in [9.17, 15) is 4.79 Å². The Bertz CT molecular complexity index is 418. The van der Waals surface area contributed by atoms with Gasteiger partial charge in [0.15, 0.2) is 0 Å². The van der Waals surface area contributed by atoms with Crippen molar-refractivity contribution in [3.8, 4) is 0 Å². The van der Waals surface area contributed by atoms with E-state index in [-0.39, 0.29) is 11.9 Å². The quantitative estimate of drug-likeness (QED) is 0.774. The maximum Gasteiger partial charge on any atom is 0.242 e. The number of rotatable bonds is 6. The highest BCUT2D eigenvalue weighted by Crippen LogP contribution is 2.19. The molecule has 0 aliphatic heterocycles. The van der Waals surface area contributed by atoms with Crippen LogP contribution in [0.1, 0.15) is 27.7 Å². The molecular weight excluding hydrogens is 238 g/mol. The van der Waals surface area contributed by atoms with Gasteiger partial charge in [-0.25, -0.2) is 0 Å². The van der Waals surface area contributed by atoms with E-state index < -0.39 is 0 Å². The van der Waals surface area contributed by atoms with Crippen molar-refractivity contribution in [3.05, 3.63) is 24.3 Å². The van der Waals surface area contributed by atoms with Gasteiger partial charge in [-0.3, -0.25) is 4.79 Å². The molecule has 4 nitrogen and oxygen atoms in total. The Balaban J connectivity index is 2.76. The first-order valence-electron chi connectivity index (χ1n) is 6.85. The molecule has 1 rings (SSSR count). The van der Waals surface area contributed by atoms with Crippen molar-refractivity contribution in [2.75, 3.05) is 23.7 Å². The zero-order valence-corrected chi connectivity index (χ0v) is 12.3. The van der Waals surface area contributed by atoms with E-state index >= 15 is 0 Å². The summed E-state index contributed by atoms with van der Waals surface area (Å²) in [6.45, 7) is 9.59. The van der Waals surface area contributed by atoms with Gasteiger partial charge in [-0.05, 0) is 38.0 Å². The molecule has 4 heteroatoms. The standard InChI is InChI=1S/C15H25N3O/c1-5-18(14-8-6-7-13(16)9-14)12(4)15(19)17-10-11(2)3/h6-9,11-12H,5,10,16H2,1-4H3,(H,17,19). The number of nitrogen functional groups attached to an aromatic ring is 1. The summed E-state index contributed by atoms with van der Waals surface area (Å²) < 4.78 is 0. The van der Waals surface area contributed by atoms with Gasteiger partial charge < -0.3 is 16.0 Å². The molecule has 0 saturated carbocycles. The van der Waals surface area contributed by atoms with Crippen LogP contribution in [0, 0.1) is 5.92 Å². The second-order valence-electron chi connectivity index (χ2n) is 5.20. The first-order chi connectivity index (χ1) is 8.95. The summed E-state index contributed by atoms with van der Waals surface area (Å²) in [5.41, 5.74) is 7.49. The summed E-state index contributed by atoms with van der Waals surface area (Å²) in [5, 5.41) is 2.97. The molecule has 0 radical (unpaired) electrons. The lowest BCUT2D eigenvalue weighted by atomic mass is 10.2. The zero-order valence-electron chi connectivity index (χ0n) is 12.3. The Hall–Kier alpha value is -1.71. The number of benzene rings is 1. The smallest absolute Gasteiger partial charge is 0.242 e. The monoisotopic (exact) mass is 263 g/mol. The van der Waals surface area contributed by atoms with E-state index in [1.165, 1.54) is 0 Å². The Morgan fingerprint density at radius 2 is 2.05 bits per heavy atom. The average molecular weight is 263 g/mol. The molecule has 1 aromatic carbocycles. The van der Waals surface area contributed by atoms with Crippen molar-refractivity contribution in [2.45, 2.75) is 33.7 Å². The van der Waals surface area contributed by atoms with Crippen molar-refractivity contribution in [2.24, 2.45) is 5.92 Å². The number of likely N-dealkylation sites (N-methyl/N-ethyl adjacent to an activating group) is 1. The van der Waals surface area contributed by atoms with Crippen LogP contribution in [0.25, 0.3) is 0 Å². The highest BCUT2D eigenvalue weighted by molar-refractivity contribution is 5.85. The minimum Gasteiger partial charge on any atom is -0.399 e. The fraction of sp³-hybridized carbons (Fsp3) is 0.533. The fourth-order valence-corrected chi connectivity index (χ4v) is 1.98. The van der Waals surface area contributed by atoms with Crippen molar-refractivity contribution in [3.63, 3.8) is 0 Å². The molecule has 0 bridgehead atoms. The van der Waals surface area contributed by atoms with Crippen molar-refractivity contribution in [1.82, 2.24) is 5.32 Å². The minimum atomic E-state index is -0.203. The number of hydrogen-bond acceptors (Lipinski definition) is 3. The second kappa shape index (κ2) is 7.02. The highest BCUT2D eigenvalue weighted by Gasteiger charge is 2.20. The maximum atomic E-state index is 12.1. The van der Waals surface area contributed by atoms with E-state index in [0.29, 0.717) is 18.2 Å². The van der Waals surface area contributed by atoms with Gasteiger partial charge in [0, 0.05) is 24.5 Å². The highest BCUT2D eigenvalue weighted by atomic mass is 16.2. The maximum absolute atomic E-state index is 12.1. The van der Waals surface area contributed by atoms with Gasteiger partial charge in [0.2, 0.25) is 5.91 Å². The molecule has 0 spiro atoms. The lowest BCUT2D eigenvalue weighted by Crippen LogP contribution is -2.46. The Labute approximate surface area is 116 Å². The molecule has 1 aromatic rings. The zero-order chi connectivity index (χ0) is 14.4. The van der Waals surface area contributed by atoms with E-state index in [0.717, 1.165) is 12.2 Å². The number of nitrogens with zero attached hydrogens (tertiary/aromatic N) is 1. The van der Waals surface area contributed by atoms with Crippen molar-refractivity contribution >= 4 is 17.3 Å². The number of hydrogen-bond donors (Lipinski definition) is 2. The third-order valence-corrected chi connectivity index (χ3v) is 3.07. The minimum absolute atomic E-state index is 0.0537. The molecule has 106 valence electrons. The number of carbonyl (C=O) groups is 1. The topological polar surface area (TPSA) is 58.4 Å². The van der Waals surface area contributed by atoms with Crippen LogP contribution in [0.4, 0.5) is 11.4 Å². The first-order valence-corrected chi connectivity index (χ1v) is 6.85. The molecule has 0 saturated heterocycles. The molecule has 0 aromatic heterocycles. The molecular formula is C15H25N3O. The number of carbonyl (C=O) groups excluding carboxylic acids is 1. The van der Waals surface area contributed by atoms with Crippen molar-refractivity contribution < 1.29 is 4.79 Å². The molecule has 1 amide bonds. The molecule has 1 unspecified atom stereocenters. The Morgan fingerprint density at radius 3 is 2.58 bits per heavy atom. The third kappa shape index (κ3) is 4.47. The normalized spacial score (nSPS) is 12.3. The summed E-state index contributed by atoms with van der Waals surface area (Å²) >= 11 is 0. The van der Waals surface area contributed by atoms with Gasteiger partial charge in [-0.1, -0.05) is 19.9 Å². The number of nitrogens with two attached hydrogens (primary N) is 1. The second-order valence-corrected chi connectivity index (χ2v) is 5.20. The van der Waals surface area contributed by atoms with Crippen LogP contribution in [-0.2, 0) is 4.79 Å². The van der Waals surface area contributed by atoms with Crippen LogP contribution in [0.15, 0.2) is 24.3 Å². The predicted molar refractivity (Wildman–Crippen MR) is 81.2 cm³/mol. The molecule has 3 N–H and O–H groups in total. The van der Waals surface area contributed by atoms with Gasteiger partial charge >= 0.3 is 0 Å². The van der Waals surface area contributed by atoms with E-state index in [1.807, 2.05) is 43.0 Å². The lowest BCUT2D eigenvalue weighted by molar-refractivity contribution is -0.122. The number of amides is 1. The number of nitrogens with one attached hydrogen (secondary N) is 1. The van der Waals surface area contributed by atoms with Crippen LogP contribution in [0.2, 0.25) is 0 Å². The van der Waals surface area contributed by atoms with Gasteiger partial charge in [0.25, 0.3) is 0 Å². The van der Waals surface area contributed by atoms with Crippen LogP contribution in [-0.4, -0.2) is 25.0 Å². The van der Waals surface area contributed by atoms with E-state index in [2.05, 4.69) is 19.2 Å². The van der Waals surface area contributed by atoms with E-state index in [4.69, 9.17) is 5.73 Å². The molecule has 0 fully saturated rings. The fourth-order valence-electron chi connectivity index (χ4n) is 1.98. The third-order valence-electron chi connectivity index (χ3n) is 3.07. The number of anilines is 2. The summed E-state index contributed by atoms with van der Waals surface area (Å²) in [5.74, 6) is 0.511. The van der Waals surface area contributed by atoms with Crippen molar-refractivity contribution in [1.29, 1.82) is 0 Å². The van der Waals surface area contributed by atoms with Gasteiger partial charge in [-0.2, -0.15) is 0 Å². The van der Waals surface area contributed by atoms with Gasteiger partial charge in [0.1, 0.15) is 6.04 Å². The Morgan fingerprint density at radius 1 is 1.37 bits per heavy atom. The van der Waals surface area contributed by atoms with E-state index in [1.54, 1.807) is 0 Å². The van der Waals surface area contributed by atoms with Gasteiger partial charge in [-0.15, -0.1) is 0 Å². The summed E-state index contributed by atoms with van der Waals surface area (Å²) in [7, 11) is 0. The Kier molecular flexibility index (Phi) is 5.67. The largest absolute Gasteiger partial charge is 0.399 e. The molecule has 19 heavy (non-hydrogen) atoms. The predicted octanol–water partition coefficient (Wildman–Crippen LogP) is 2.26. The van der Waals surface area contributed by atoms with Crippen LogP contribution in [0.3, 0.4) is 0 Å². The SMILES string of the molecule is CCN(c1cccc(N)c1)C(C)C(=O)NCC(C)C. The summed E-state index contributed by atoms with van der Waals surface area (Å²) in [4.78, 5) is 14.2. The molecule has 1 atom stereocenters.